The molecule has 1 N–H and O–H groups in total. The van der Waals surface area contributed by atoms with Crippen LogP contribution in [0.4, 0.5) is 5.69 Å². The lowest BCUT2D eigenvalue weighted by molar-refractivity contribution is 0.767. The maximum absolute atomic E-state index is 9.03. The monoisotopic (exact) mass is 260 g/mol. The number of nitriles is 1. The zero-order valence-electron chi connectivity index (χ0n) is 10.0. The van der Waals surface area contributed by atoms with E-state index in [1.165, 1.54) is 0 Å². The van der Waals surface area contributed by atoms with E-state index in [2.05, 4.69) is 16.5 Å². The van der Waals surface area contributed by atoms with Crippen molar-refractivity contribution >= 4 is 17.3 Å². The van der Waals surface area contributed by atoms with Gasteiger partial charge in [-0.15, -0.1) is 0 Å². The van der Waals surface area contributed by atoms with Gasteiger partial charge in [-0.3, -0.25) is 4.68 Å². The molecule has 0 amide bonds. The van der Waals surface area contributed by atoms with Crippen LogP contribution in [0.25, 0.3) is 0 Å². The topological polar surface area (TPSA) is 53.6 Å². The summed E-state index contributed by atoms with van der Waals surface area (Å²) in [6.45, 7) is 0.737. The Labute approximate surface area is 111 Å². The van der Waals surface area contributed by atoms with Gasteiger partial charge in [-0.25, -0.2) is 0 Å². The van der Waals surface area contributed by atoms with Crippen LogP contribution >= 0.6 is 11.6 Å². The molecule has 0 aliphatic rings. The number of halogens is 1. The smallest absolute Gasteiger partial charge is 0.103 e. The molecule has 0 spiro atoms. The normalized spacial score (nSPS) is 10.1. The van der Waals surface area contributed by atoms with Gasteiger partial charge in [0.15, 0.2) is 0 Å². The number of anilines is 1. The van der Waals surface area contributed by atoms with Crippen molar-refractivity contribution in [2.24, 2.45) is 7.05 Å². The number of nitrogens with zero attached hydrogens (tertiary/aromatic N) is 3. The minimum atomic E-state index is 0.476. The standard InChI is InChI=1S/C13H13ClN4/c1-18-9-10(8-17-18)5-6-16-13-4-2-3-12(14)11(13)7-15/h2-4,8-9,16H,5-6H2,1H3. The first-order valence-electron chi connectivity index (χ1n) is 5.60. The molecule has 5 heteroatoms. The molecule has 2 aromatic rings. The summed E-state index contributed by atoms with van der Waals surface area (Å²) < 4.78 is 1.77. The van der Waals surface area contributed by atoms with E-state index in [-0.39, 0.29) is 0 Å². The van der Waals surface area contributed by atoms with Gasteiger partial charge in [0.05, 0.1) is 22.5 Å². The summed E-state index contributed by atoms with van der Waals surface area (Å²) in [6.07, 6.45) is 4.67. The fourth-order valence-corrected chi connectivity index (χ4v) is 1.94. The lowest BCUT2D eigenvalue weighted by atomic mass is 10.2. The number of hydrogen-bond acceptors (Lipinski definition) is 3. The zero-order valence-corrected chi connectivity index (χ0v) is 10.8. The van der Waals surface area contributed by atoms with Crippen LogP contribution in [0.15, 0.2) is 30.6 Å². The highest BCUT2D eigenvalue weighted by molar-refractivity contribution is 6.32. The third-order valence-electron chi connectivity index (χ3n) is 2.61. The van der Waals surface area contributed by atoms with Gasteiger partial charge in [0.2, 0.25) is 0 Å². The summed E-state index contributed by atoms with van der Waals surface area (Å²) in [5.41, 5.74) is 2.42. The molecule has 1 aromatic carbocycles. The van der Waals surface area contributed by atoms with Crippen molar-refractivity contribution < 1.29 is 0 Å². The van der Waals surface area contributed by atoms with Gasteiger partial charge in [-0.05, 0) is 24.1 Å². The first kappa shape index (κ1) is 12.5. The molecule has 0 saturated carbocycles. The molecule has 2 rings (SSSR count). The molecule has 18 heavy (non-hydrogen) atoms. The van der Waals surface area contributed by atoms with Crippen molar-refractivity contribution in [1.29, 1.82) is 5.26 Å². The average Bonchev–Trinajstić information content (AvgIpc) is 2.75. The summed E-state index contributed by atoms with van der Waals surface area (Å²) in [6, 6.07) is 7.50. The Hall–Kier alpha value is -1.99. The van der Waals surface area contributed by atoms with Gasteiger partial charge in [0.1, 0.15) is 6.07 Å². The van der Waals surface area contributed by atoms with Crippen molar-refractivity contribution in [2.45, 2.75) is 6.42 Å². The zero-order chi connectivity index (χ0) is 13.0. The van der Waals surface area contributed by atoms with Crippen LogP contribution in [0.3, 0.4) is 0 Å². The Morgan fingerprint density at radius 3 is 3.00 bits per heavy atom. The maximum Gasteiger partial charge on any atom is 0.103 e. The molecule has 0 aliphatic carbocycles. The van der Waals surface area contributed by atoms with Crippen LogP contribution in [-0.2, 0) is 13.5 Å². The number of aryl methyl sites for hydroxylation is 1. The fraction of sp³-hybridized carbons (Fsp3) is 0.231. The Morgan fingerprint density at radius 1 is 1.50 bits per heavy atom. The largest absolute Gasteiger partial charge is 0.384 e. The van der Waals surface area contributed by atoms with Crippen molar-refractivity contribution in [3.63, 3.8) is 0 Å². The third-order valence-corrected chi connectivity index (χ3v) is 2.93. The second kappa shape index (κ2) is 5.56. The van der Waals surface area contributed by atoms with E-state index in [1.807, 2.05) is 31.6 Å². The van der Waals surface area contributed by atoms with Gasteiger partial charge in [0, 0.05) is 19.8 Å². The SMILES string of the molecule is Cn1cc(CCNc2cccc(Cl)c2C#N)cn1. The van der Waals surface area contributed by atoms with Crippen LogP contribution in [0, 0.1) is 11.3 Å². The number of aromatic nitrogens is 2. The van der Waals surface area contributed by atoms with Gasteiger partial charge in [-0.2, -0.15) is 10.4 Å². The number of benzene rings is 1. The minimum absolute atomic E-state index is 0.476. The van der Waals surface area contributed by atoms with Gasteiger partial charge in [-0.1, -0.05) is 17.7 Å². The Balaban J connectivity index is 1.99. The molecule has 0 atom stereocenters. The van der Waals surface area contributed by atoms with E-state index in [9.17, 15) is 0 Å². The fourth-order valence-electron chi connectivity index (χ4n) is 1.73. The summed E-state index contributed by atoms with van der Waals surface area (Å²) in [7, 11) is 1.89. The van der Waals surface area contributed by atoms with E-state index in [1.54, 1.807) is 10.7 Å². The van der Waals surface area contributed by atoms with Crippen LogP contribution in [0.2, 0.25) is 5.02 Å². The van der Waals surface area contributed by atoms with Crippen molar-refractivity contribution in [3.8, 4) is 6.07 Å². The quantitative estimate of drug-likeness (QED) is 0.919. The van der Waals surface area contributed by atoms with E-state index in [0.717, 1.165) is 24.2 Å². The van der Waals surface area contributed by atoms with E-state index < -0.39 is 0 Å². The predicted molar refractivity (Wildman–Crippen MR) is 71.6 cm³/mol. The summed E-state index contributed by atoms with van der Waals surface area (Å²) in [5, 5.41) is 16.8. The third kappa shape index (κ3) is 2.82. The van der Waals surface area contributed by atoms with Crippen LogP contribution in [0.5, 0.6) is 0 Å². The van der Waals surface area contributed by atoms with Gasteiger partial charge in [0.25, 0.3) is 0 Å². The van der Waals surface area contributed by atoms with E-state index in [4.69, 9.17) is 16.9 Å². The van der Waals surface area contributed by atoms with Gasteiger partial charge >= 0.3 is 0 Å². The van der Waals surface area contributed by atoms with Crippen molar-refractivity contribution in [2.75, 3.05) is 11.9 Å². The molecule has 4 nitrogen and oxygen atoms in total. The lowest BCUT2D eigenvalue weighted by Crippen LogP contribution is -2.06. The molecule has 0 fully saturated rings. The number of nitrogens with one attached hydrogen (secondary N) is 1. The molecule has 0 unspecified atom stereocenters. The molecule has 0 aliphatic heterocycles. The maximum atomic E-state index is 9.03. The lowest BCUT2D eigenvalue weighted by Gasteiger charge is -2.08. The van der Waals surface area contributed by atoms with Crippen LogP contribution in [0.1, 0.15) is 11.1 Å². The highest BCUT2D eigenvalue weighted by Gasteiger charge is 2.05. The highest BCUT2D eigenvalue weighted by atomic mass is 35.5. The molecule has 1 aromatic heterocycles. The van der Waals surface area contributed by atoms with Crippen LogP contribution in [-0.4, -0.2) is 16.3 Å². The highest BCUT2D eigenvalue weighted by Crippen LogP contribution is 2.23. The van der Waals surface area contributed by atoms with E-state index >= 15 is 0 Å². The van der Waals surface area contributed by atoms with Crippen molar-refractivity contribution in [3.05, 3.63) is 46.7 Å². The molecule has 0 bridgehead atoms. The second-order valence-electron chi connectivity index (χ2n) is 3.97. The van der Waals surface area contributed by atoms with Gasteiger partial charge < -0.3 is 5.32 Å². The molecule has 92 valence electrons. The Bertz CT molecular complexity index is 583. The van der Waals surface area contributed by atoms with E-state index in [0.29, 0.717) is 10.6 Å². The number of hydrogen-bond donors (Lipinski definition) is 1. The van der Waals surface area contributed by atoms with Crippen molar-refractivity contribution in [1.82, 2.24) is 9.78 Å². The molecular weight excluding hydrogens is 248 g/mol. The molecular formula is C13H13ClN4. The minimum Gasteiger partial charge on any atom is -0.384 e. The molecule has 0 saturated heterocycles. The first-order valence-corrected chi connectivity index (χ1v) is 5.98. The second-order valence-corrected chi connectivity index (χ2v) is 4.38. The van der Waals surface area contributed by atoms with Crippen LogP contribution < -0.4 is 5.32 Å². The first-order chi connectivity index (χ1) is 8.70. The molecule has 0 radical (unpaired) electrons. The molecule has 1 heterocycles. The number of rotatable bonds is 4. The summed E-state index contributed by atoms with van der Waals surface area (Å²) in [5.74, 6) is 0. The summed E-state index contributed by atoms with van der Waals surface area (Å²) >= 11 is 5.95. The Morgan fingerprint density at radius 2 is 2.33 bits per heavy atom. The Kier molecular flexibility index (Phi) is 3.85. The summed E-state index contributed by atoms with van der Waals surface area (Å²) in [4.78, 5) is 0. The predicted octanol–water partition coefficient (Wildman–Crippen LogP) is 2.60. The average molecular weight is 261 g/mol.